The maximum atomic E-state index is 10.5. The molecule has 0 aliphatic carbocycles. The molecule has 1 aromatic carbocycles. The molecule has 0 bridgehead atoms. The van der Waals surface area contributed by atoms with Crippen molar-refractivity contribution in [3.8, 4) is 0 Å². The van der Waals surface area contributed by atoms with E-state index in [0.29, 0.717) is 0 Å². The van der Waals surface area contributed by atoms with Crippen molar-refractivity contribution in [2.24, 2.45) is 0 Å². The number of amides is 1. The molecule has 0 aliphatic heterocycles. The van der Waals surface area contributed by atoms with E-state index in [2.05, 4.69) is 5.32 Å². The SMILES string of the molecule is O=C([SeH])Nc1ccccc1. The summed E-state index contributed by atoms with van der Waals surface area (Å²) in [6.07, 6.45) is 0. The summed E-state index contributed by atoms with van der Waals surface area (Å²) in [4.78, 5) is 10.4. The van der Waals surface area contributed by atoms with Gasteiger partial charge in [-0.2, -0.15) is 0 Å². The molecule has 0 heterocycles. The average Bonchev–Trinajstić information content (AvgIpc) is 1.88. The van der Waals surface area contributed by atoms with Gasteiger partial charge in [-0.15, -0.1) is 0 Å². The Balaban J connectivity index is 2.67. The molecule has 52 valence electrons. The van der Waals surface area contributed by atoms with Crippen LogP contribution in [0.25, 0.3) is 0 Å². The molecule has 0 atom stereocenters. The summed E-state index contributed by atoms with van der Waals surface area (Å²) in [7, 11) is 0. The number of carbonyl (C=O) groups excluding carboxylic acids is 1. The van der Waals surface area contributed by atoms with Gasteiger partial charge in [0, 0.05) is 0 Å². The second-order valence-corrected chi connectivity index (χ2v) is 2.65. The Bertz CT molecular complexity index is 222. The zero-order chi connectivity index (χ0) is 7.40. The monoisotopic (exact) mass is 201 g/mol. The molecule has 0 saturated heterocycles. The van der Waals surface area contributed by atoms with Gasteiger partial charge in [0.1, 0.15) is 0 Å². The Labute approximate surface area is 67.4 Å². The molecule has 0 radical (unpaired) electrons. The number of rotatable bonds is 1. The fourth-order valence-corrected chi connectivity index (χ4v) is 0.916. The van der Waals surface area contributed by atoms with Gasteiger partial charge in [0.15, 0.2) is 0 Å². The van der Waals surface area contributed by atoms with Crippen molar-refractivity contribution in [2.75, 3.05) is 5.32 Å². The number of benzene rings is 1. The third kappa shape index (κ3) is 2.21. The molecule has 1 N–H and O–H groups in total. The Morgan fingerprint density at radius 3 is 2.40 bits per heavy atom. The molecular formula is C7H7NOSe. The van der Waals surface area contributed by atoms with E-state index in [1.807, 2.05) is 46.3 Å². The topological polar surface area (TPSA) is 29.1 Å². The van der Waals surface area contributed by atoms with Crippen molar-refractivity contribution in [3.63, 3.8) is 0 Å². The van der Waals surface area contributed by atoms with Crippen LogP contribution in [0.3, 0.4) is 0 Å². The molecule has 1 rings (SSSR count). The van der Waals surface area contributed by atoms with E-state index in [9.17, 15) is 4.79 Å². The van der Waals surface area contributed by atoms with Gasteiger partial charge in [-0.3, -0.25) is 0 Å². The van der Waals surface area contributed by atoms with E-state index < -0.39 is 0 Å². The number of hydrogen-bond acceptors (Lipinski definition) is 1. The van der Waals surface area contributed by atoms with Gasteiger partial charge in [-0.25, -0.2) is 0 Å². The first-order valence-electron chi connectivity index (χ1n) is 2.84. The van der Waals surface area contributed by atoms with E-state index in [4.69, 9.17) is 0 Å². The first-order chi connectivity index (χ1) is 4.79. The van der Waals surface area contributed by atoms with Crippen LogP contribution in [0.15, 0.2) is 30.3 Å². The number of anilines is 1. The van der Waals surface area contributed by atoms with Crippen LogP contribution in [-0.2, 0) is 0 Å². The van der Waals surface area contributed by atoms with Crippen LogP contribution in [-0.4, -0.2) is 20.8 Å². The van der Waals surface area contributed by atoms with Crippen LogP contribution in [0.1, 0.15) is 0 Å². The standard InChI is InChI=1S/C7H7NOSe/c9-7(10)8-6-4-2-1-3-5-6/h1-5H,(H2,8,9,10). The quantitative estimate of drug-likeness (QED) is 0.676. The van der Waals surface area contributed by atoms with E-state index in [1.54, 1.807) is 0 Å². The fourth-order valence-electron chi connectivity index (χ4n) is 0.645. The van der Waals surface area contributed by atoms with E-state index in [-0.39, 0.29) is 4.81 Å². The zero-order valence-corrected chi connectivity index (χ0v) is 7.12. The summed E-state index contributed by atoms with van der Waals surface area (Å²) in [5.74, 6) is 0. The second kappa shape index (κ2) is 3.40. The first kappa shape index (κ1) is 7.32. The van der Waals surface area contributed by atoms with Crippen molar-refractivity contribution < 1.29 is 4.79 Å². The predicted octanol–water partition coefficient (Wildman–Crippen LogP) is 1.12. The van der Waals surface area contributed by atoms with E-state index in [1.165, 1.54) is 0 Å². The van der Waals surface area contributed by atoms with Gasteiger partial charge < -0.3 is 0 Å². The molecule has 0 saturated carbocycles. The zero-order valence-electron chi connectivity index (χ0n) is 5.24. The number of carbonyl (C=O) groups is 1. The third-order valence-electron chi connectivity index (χ3n) is 1.03. The summed E-state index contributed by atoms with van der Waals surface area (Å²) in [6.45, 7) is 0. The second-order valence-electron chi connectivity index (χ2n) is 1.80. The third-order valence-corrected chi connectivity index (χ3v) is 1.26. The van der Waals surface area contributed by atoms with Crippen molar-refractivity contribution >= 4 is 26.5 Å². The summed E-state index contributed by atoms with van der Waals surface area (Å²) < 4.78 is 0. The van der Waals surface area contributed by atoms with E-state index in [0.717, 1.165) is 5.69 Å². The Kier molecular flexibility index (Phi) is 2.49. The van der Waals surface area contributed by atoms with E-state index >= 15 is 0 Å². The molecule has 3 heteroatoms. The van der Waals surface area contributed by atoms with Gasteiger partial charge in [0.05, 0.1) is 0 Å². The Morgan fingerprint density at radius 2 is 1.90 bits per heavy atom. The average molecular weight is 200 g/mol. The van der Waals surface area contributed by atoms with Crippen LogP contribution in [0, 0.1) is 0 Å². The molecule has 2 nitrogen and oxygen atoms in total. The van der Waals surface area contributed by atoms with Crippen molar-refractivity contribution in [3.05, 3.63) is 30.3 Å². The minimum atomic E-state index is -0.0984. The predicted molar refractivity (Wildman–Crippen MR) is 42.6 cm³/mol. The van der Waals surface area contributed by atoms with Gasteiger partial charge in [-0.1, -0.05) is 0 Å². The Morgan fingerprint density at radius 1 is 1.30 bits per heavy atom. The molecule has 1 aromatic rings. The van der Waals surface area contributed by atoms with Crippen molar-refractivity contribution in [1.82, 2.24) is 0 Å². The summed E-state index contributed by atoms with van der Waals surface area (Å²) in [5.41, 5.74) is 0.827. The molecule has 0 unspecified atom stereocenters. The molecule has 1 amide bonds. The molecule has 0 spiro atoms. The summed E-state index contributed by atoms with van der Waals surface area (Å²) in [6, 6.07) is 9.33. The fraction of sp³-hybridized carbons (Fsp3) is 0. The maximum absolute atomic E-state index is 10.5. The Hall–Kier alpha value is -0.791. The van der Waals surface area contributed by atoms with Gasteiger partial charge in [-0.05, 0) is 0 Å². The molecular weight excluding hydrogens is 193 g/mol. The molecule has 10 heavy (non-hydrogen) atoms. The van der Waals surface area contributed by atoms with Gasteiger partial charge >= 0.3 is 66.9 Å². The molecule has 0 aromatic heterocycles. The van der Waals surface area contributed by atoms with Crippen molar-refractivity contribution in [2.45, 2.75) is 0 Å². The van der Waals surface area contributed by atoms with Gasteiger partial charge in [0.2, 0.25) is 0 Å². The van der Waals surface area contributed by atoms with Crippen LogP contribution >= 0.6 is 0 Å². The van der Waals surface area contributed by atoms with Crippen LogP contribution in [0.2, 0.25) is 0 Å². The van der Waals surface area contributed by atoms with Crippen LogP contribution in [0.4, 0.5) is 10.5 Å². The summed E-state index contributed by atoms with van der Waals surface area (Å²) in [5, 5.41) is 2.64. The summed E-state index contributed by atoms with van der Waals surface area (Å²) >= 11 is 1.92. The number of nitrogens with one attached hydrogen (secondary N) is 1. The van der Waals surface area contributed by atoms with Crippen LogP contribution < -0.4 is 5.32 Å². The normalized spacial score (nSPS) is 8.90. The van der Waals surface area contributed by atoms with Crippen LogP contribution in [0.5, 0.6) is 0 Å². The number of para-hydroxylation sites is 1. The minimum absolute atomic E-state index is 0.0984. The van der Waals surface area contributed by atoms with Crippen molar-refractivity contribution in [1.29, 1.82) is 0 Å². The van der Waals surface area contributed by atoms with Gasteiger partial charge in [0.25, 0.3) is 0 Å². The molecule has 0 aliphatic rings. The molecule has 0 fully saturated rings. The number of hydrogen-bond donors (Lipinski definition) is 1. The first-order valence-corrected chi connectivity index (χ1v) is 3.78.